The number of aromatic nitrogens is 2. The summed E-state index contributed by atoms with van der Waals surface area (Å²) in [5.41, 5.74) is 3.25. The fraction of sp³-hybridized carbons (Fsp3) is 0.222. The highest BCUT2D eigenvalue weighted by Gasteiger charge is 2.12. The van der Waals surface area contributed by atoms with E-state index in [1.54, 1.807) is 12.1 Å². The van der Waals surface area contributed by atoms with E-state index < -0.39 is 5.97 Å². The van der Waals surface area contributed by atoms with Gasteiger partial charge in [0.15, 0.2) is 0 Å². The van der Waals surface area contributed by atoms with Crippen LogP contribution in [0.2, 0.25) is 0 Å². The van der Waals surface area contributed by atoms with E-state index in [9.17, 15) is 9.59 Å². The van der Waals surface area contributed by atoms with Crippen molar-refractivity contribution in [3.63, 3.8) is 0 Å². The highest BCUT2D eigenvalue weighted by Crippen LogP contribution is 2.19. The van der Waals surface area contributed by atoms with Crippen LogP contribution in [0.25, 0.3) is 22.1 Å². The third kappa shape index (κ3) is 3.48. The number of unbranched alkanes of at least 4 members (excludes halogenated alkanes) is 1. The maximum Gasteiger partial charge on any atom is 0.303 e. The van der Waals surface area contributed by atoms with Crippen molar-refractivity contribution in [3.8, 4) is 0 Å². The molecule has 2 N–H and O–H groups in total. The smallest absolute Gasteiger partial charge is 0.303 e. The number of carbonyl (C=O) groups excluding carboxylic acids is 1. The Hall–Kier alpha value is -3.02. The molecule has 2 aromatic carbocycles. The largest absolute Gasteiger partial charge is 0.481 e. The molecule has 0 unspecified atom stereocenters. The van der Waals surface area contributed by atoms with Gasteiger partial charge in [0.05, 0.1) is 22.1 Å². The summed E-state index contributed by atoms with van der Waals surface area (Å²) in [6.45, 7) is 0.434. The fourth-order valence-electron chi connectivity index (χ4n) is 2.52. The van der Waals surface area contributed by atoms with Gasteiger partial charge < -0.3 is 10.4 Å². The van der Waals surface area contributed by atoms with Crippen LogP contribution in [0.15, 0.2) is 42.5 Å². The molecule has 0 aliphatic carbocycles. The molecule has 0 spiro atoms. The molecule has 0 saturated heterocycles. The van der Waals surface area contributed by atoms with E-state index in [0.29, 0.717) is 36.0 Å². The molecule has 6 nitrogen and oxygen atoms in total. The maximum absolute atomic E-state index is 12.4. The van der Waals surface area contributed by atoms with Crippen LogP contribution in [0.3, 0.4) is 0 Å². The Morgan fingerprint density at radius 3 is 2.38 bits per heavy atom. The van der Waals surface area contributed by atoms with E-state index in [0.717, 1.165) is 11.0 Å². The monoisotopic (exact) mass is 323 g/mol. The first-order valence-corrected chi connectivity index (χ1v) is 7.80. The Bertz CT molecular complexity index is 908. The van der Waals surface area contributed by atoms with Crippen LogP contribution < -0.4 is 5.32 Å². The minimum Gasteiger partial charge on any atom is -0.481 e. The van der Waals surface area contributed by atoms with Crippen molar-refractivity contribution in [2.45, 2.75) is 19.3 Å². The predicted octanol–water partition coefficient (Wildman–Crippen LogP) is 2.77. The van der Waals surface area contributed by atoms with Crippen molar-refractivity contribution >= 4 is 33.9 Å². The molecule has 1 amide bonds. The Balaban J connectivity index is 1.79. The topological polar surface area (TPSA) is 92.2 Å². The number of fused-ring (bicyclic) bond motifs is 2. The van der Waals surface area contributed by atoms with Crippen molar-refractivity contribution in [1.82, 2.24) is 15.3 Å². The zero-order valence-electron chi connectivity index (χ0n) is 13.0. The molecule has 0 aliphatic rings. The van der Waals surface area contributed by atoms with E-state index in [-0.39, 0.29) is 12.3 Å². The second-order valence-electron chi connectivity index (χ2n) is 5.49. The van der Waals surface area contributed by atoms with Crippen LogP contribution in [0.4, 0.5) is 0 Å². The minimum atomic E-state index is -0.822. The first-order chi connectivity index (χ1) is 11.6. The molecule has 3 aromatic rings. The van der Waals surface area contributed by atoms with Crippen molar-refractivity contribution in [2.24, 2.45) is 0 Å². The molecular weight excluding hydrogens is 306 g/mol. The number of hydrogen-bond donors (Lipinski definition) is 2. The SMILES string of the molecule is O=C(O)CCCCNC(=O)c1cccc2nc3ccccc3nc12. The minimum absolute atomic E-state index is 0.113. The zero-order chi connectivity index (χ0) is 16.9. The molecule has 122 valence electrons. The molecule has 0 atom stereocenters. The number of benzene rings is 2. The number of carbonyl (C=O) groups is 2. The number of carboxylic acids is 1. The summed E-state index contributed by atoms with van der Waals surface area (Å²) in [5.74, 6) is -1.04. The van der Waals surface area contributed by atoms with E-state index in [2.05, 4.69) is 15.3 Å². The molecule has 1 aromatic heterocycles. The number of aliphatic carboxylic acids is 1. The van der Waals surface area contributed by atoms with Gasteiger partial charge in [-0.15, -0.1) is 0 Å². The number of rotatable bonds is 6. The van der Waals surface area contributed by atoms with Gasteiger partial charge in [0, 0.05) is 13.0 Å². The van der Waals surface area contributed by atoms with Crippen LogP contribution in [0.5, 0.6) is 0 Å². The first kappa shape index (κ1) is 15.9. The molecule has 6 heteroatoms. The number of para-hydroxylation sites is 3. The van der Waals surface area contributed by atoms with Crippen molar-refractivity contribution < 1.29 is 14.7 Å². The lowest BCUT2D eigenvalue weighted by atomic mass is 10.1. The predicted molar refractivity (Wildman–Crippen MR) is 90.9 cm³/mol. The number of carboxylic acid groups (broad SMARTS) is 1. The van der Waals surface area contributed by atoms with E-state index in [1.807, 2.05) is 30.3 Å². The number of nitrogens with one attached hydrogen (secondary N) is 1. The Kier molecular flexibility index (Phi) is 4.65. The van der Waals surface area contributed by atoms with Gasteiger partial charge in [0.2, 0.25) is 0 Å². The number of nitrogens with zero attached hydrogens (tertiary/aromatic N) is 2. The van der Waals surface area contributed by atoms with Gasteiger partial charge in [-0.05, 0) is 37.1 Å². The van der Waals surface area contributed by atoms with Crippen molar-refractivity contribution in [3.05, 3.63) is 48.0 Å². The molecule has 0 radical (unpaired) electrons. The summed E-state index contributed by atoms with van der Waals surface area (Å²) < 4.78 is 0. The van der Waals surface area contributed by atoms with Crippen LogP contribution in [0.1, 0.15) is 29.6 Å². The highest BCUT2D eigenvalue weighted by molar-refractivity contribution is 6.05. The summed E-state index contributed by atoms with van der Waals surface area (Å²) in [6.07, 6.45) is 1.27. The van der Waals surface area contributed by atoms with Gasteiger partial charge in [0.25, 0.3) is 5.91 Å². The second kappa shape index (κ2) is 7.04. The highest BCUT2D eigenvalue weighted by atomic mass is 16.4. The molecule has 0 saturated carbocycles. The maximum atomic E-state index is 12.4. The first-order valence-electron chi connectivity index (χ1n) is 7.80. The van der Waals surface area contributed by atoms with Crippen molar-refractivity contribution in [2.75, 3.05) is 6.54 Å². The normalized spacial score (nSPS) is 10.8. The average Bonchev–Trinajstić information content (AvgIpc) is 2.58. The van der Waals surface area contributed by atoms with Crippen LogP contribution in [0, 0.1) is 0 Å². The van der Waals surface area contributed by atoms with Gasteiger partial charge >= 0.3 is 5.97 Å². The summed E-state index contributed by atoms with van der Waals surface area (Å²) in [5, 5.41) is 11.4. The van der Waals surface area contributed by atoms with E-state index >= 15 is 0 Å². The van der Waals surface area contributed by atoms with E-state index in [1.165, 1.54) is 0 Å². The second-order valence-corrected chi connectivity index (χ2v) is 5.49. The van der Waals surface area contributed by atoms with Crippen LogP contribution >= 0.6 is 0 Å². The molecule has 0 bridgehead atoms. The molecule has 3 rings (SSSR count). The molecule has 1 heterocycles. The van der Waals surface area contributed by atoms with Gasteiger partial charge in [-0.3, -0.25) is 9.59 Å². The Morgan fingerprint density at radius 2 is 1.62 bits per heavy atom. The summed E-state index contributed by atoms with van der Waals surface area (Å²) in [7, 11) is 0. The lowest BCUT2D eigenvalue weighted by molar-refractivity contribution is -0.137. The summed E-state index contributed by atoms with van der Waals surface area (Å²) in [6, 6.07) is 12.9. The third-order valence-electron chi connectivity index (χ3n) is 3.72. The lowest BCUT2D eigenvalue weighted by Crippen LogP contribution is -2.25. The van der Waals surface area contributed by atoms with Crippen LogP contribution in [-0.4, -0.2) is 33.5 Å². The van der Waals surface area contributed by atoms with Gasteiger partial charge in [-0.25, -0.2) is 9.97 Å². The number of hydrogen-bond acceptors (Lipinski definition) is 4. The van der Waals surface area contributed by atoms with Gasteiger partial charge in [-0.1, -0.05) is 18.2 Å². The van der Waals surface area contributed by atoms with Crippen molar-refractivity contribution in [1.29, 1.82) is 0 Å². The van der Waals surface area contributed by atoms with Crippen LogP contribution in [-0.2, 0) is 4.79 Å². The lowest BCUT2D eigenvalue weighted by Gasteiger charge is -2.08. The standard InChI is InChI=1S/C18H17N3O3/c22-16(23)10-3-4-11-19-18(24)12-6-5-9-15-17(12)21-14-8-2-1-7-13(14)20-15/h1-2,5-9H,3-4,10-11H2,(H,19,24)(H,22,23). The van der Waals surface area contributed by atoms with Gasteiger partial charge in [-0.2, -0.15) is 0 Å². The Morgan fingerprint density at radius 1 is 0.917 bits per heavy atom. The quantitative estimate of drug-likeness (QED) is 0.537. The molecule has 0 fully saturated rings. The zero-order valence-corrected chi connectivity index (χ0v) is 13.0. The summed E-state index contributed by atoms with van der Waals surface area (Å²) in [4.78, 5) is 32.0. The third-order valence-corrected chi connectivity index (χ3v) is 3.72. The Labute approximate surface area is 138 Å². The molecule has 0 aliphatic heterocycles. The number of amides is 1. The van der Waals surface area contributed by atoms with E-state index in [4.69, 9.17) is 5.11 Å². The van der Waals surface area contributed by atoms with Gasteiger partial charge in [0.1, 0.15) is 5.52 Å². The summed E-state index contributed by atoms with van der Waals surface area (Å²) >= 11 is 0. The fourth-order valence-corrected chi connectivity index (χ4v) is 2.52. The molecule has 24 heavy (non-hydrogen) atoms. The molecular formula is C18H17N3O3. The average molecular weight is 323 g/mol.